The number of rotatable bonds is 4. The quantitative estimate of drug-likeness (QED) is 0.727. The van der Waals surface area contributed by atoms with Crippen LogP contribution in [-0.4, -0.2) is 20.0 Å². The Kier molecular flexibility index (Phi) is 6.75. The fourth-order valence-corrected chi connectivity index (χ4v) is 1.16. The fourth-order valence-electron chi connectivity index (χ4n) is 1.16. The molecule has 1 aromatic carbocycles. The average Bonchev–Trinajstić information content (AvgIpc) is 2.25. The van der Waals surface area contributed by atoms with E-state index in [1.807, 2.05) is 12.1 Å². The van der Waals surface area contributed by atoms with Crippen molar-refractivity contribution >= 4 is 11.9 Å². The van der Waals surface area contributed by atoms with Crippen molar-refractivity contribution in [3.05, 3.63) is 29.8 Å². The molecular formula is C12H14O3Pt. The second-order valence-electron chi connectivity index (χ2n) is 3.05. The van der Waals surface area contributed by atoms with Gasteiger partial charge in [0.25, 0.3) is 0 Å². The molecule has 0 saturated heterocycles. The molecule has 3 nitrogen and oxygen atoms in total. The van der Waals surface area contributed by atoms with Gasteiger partial charge in [-0.1, -0.05) is 0 Å². The van der Waals surface area contributed by atoms with Gasteiger partial charge in [0, 0.05) is 32.7 Å². The van der Waals surface area contributed by atoms with Crippen molar-refractivity contribution in [1.29, 1.82) is 0 Å². The predicted molar refractivity (Wildman–Crippen MR) is 59.3 cm³/mol. The smallest absolute Gasteiger partial charge is 0.152 e. The van der Waals surface area contributed by atoms with Crippen molar-refractivity contribution in [1.82, 2.24) is 0 Å². The molecule has 0 aromatic heterocycles. The molecule has 0 bridgehead atoms. The third kappa shape index (κ3) is 4.19. The average molecular weight is 401 g/mol. The normalized spacial score (nSPS) is 9.69. The van der Waals surface area contributed by atoms with Gasteiger partial charge in [-0.05, 0) is 31.2 Å². The van der Waals surface area contributed by atoms with Crippen LogP contribution >= 0.6 is 0 Å². The van der Waals surface area contributed by atoms with Crippen molar-refractivity contribution in [2.45, 2.75) is 6.92 Å². The van der Waals surface area contributed by atoms with Gasteiger partial charge in [-0.25, -0.2) is 0 Å². The molecule has 0 radical (unpaired) electrons. The number of benzene rings is 1. The van der Waals surface area contributed by atoms with Crippen molar-refractivity contribution in [2.75, 3.05) is 14.2 Å². The molecule has 0 aliphatic heterocycles. The second-order valence-corrected chi connectivity index (χ2v) is 3.05. The number of carbonyl (C=O) groups is 1. The Morgan fingerprint density at radius 2 is 1.94 bits per heavy atom. The minimum atomic E-state index is 0. The fraction of sp³-hybridized carbons (Fsp3) is 0.250. The minimum Gasteiger partial charge on any atom is -0.497 e. The summed E-state index contributed by atoms with van der Waals surface area (Å²) < 4.78 is 10.2. The van der Waals surface area contributed by atoms with E-state index in [-0.39, 0.29) is 26.8 Å². The van der Waals surface area contributed by atoms with Gasteiger partial charge >= 0.3 is 0 Å². The molecular weight excluding hydrogens is 387 g/mol. The Bertz CT molecular complexity index is 386. The van der Waals surface area contributed by atoms with Crippen molar-refractivity contribution in [3.8, 4) is 11.5 Å². The molecule has 0 saturated carbocycles. The van der Waals surface area contributed by atoms with Crippen LogP contribution < -0.4 is 9.47 Å². The summed E-state index contributed by atoms with van der Waals surface area (Å²) in [4.78, 5) is 10.8. The summed E-state index contributed by atoms with van der Waals surface area (Å²) in [7, 11) is 3.18. The number of hydrogen-bond acceptors (Lipinski definition) is 3. The predicted octanol–water partition coefficient (Wildman–Crippen LogP) is 2.30. The molecule has 0 aliphatic rings. The first-order chi connectivity index (χ1) is 7.17. The van der Waals surface area contributed by atoms with Crippen LogP contribution in [0.5, 0.6) is 11.5 Å². The van der Waals surface area contributed by atoms with Crippen LogP contribution in [0.1, 0.15) is 12.5 Å². The molecule has 4 heteroatoms. The molecule has 0 atom stereocenters. The molecule has 16 heavy (non-hydrogen) atoms. The van der Waals surface area contributed by atoms with Gasteiger partial charge in [0.15, 0.2) is 5.78 Å². The molecule has 0 spiro atoms. The summed E-state index contributed by atoms with van der Waals surface area (Å²) in [6.07, 6.45) is 3.23. The van der Waals surface area contributed by atoms with Crippen LogP contribution in [0.3, 0.4) is 0 Å². The van der Waals surface area contributed by atoms with Crippen LogP contribution in [0.25, 0.3) is 6.08 Å². The van der Waals surface area contributed by atoms with Gasteiger partial charge < -0.3 is 9.47 Å². The summed E-state index contributed by atoms with van der Waals surface area (Å²) in [5, 5.41) is 0. The topological polar surface area (TPSA) is 35.5 Å². The van der Waals surface area contributed by atoms with Crippen molar-refractivity contribution in [3.63, 3.8) is 0 Å². The first-order valence-corrected chi connectivity index (χ1v) is 4.58. The molecule has 0 amide bonds. The van der Waals surface area contributed by atoms with Crippen LogP contribution in [0.4, 0.5) is 0 Å². The zero-order chi connectivity index (χ0) is 11.3. The summed E-state index contributed by atoms with van der Waals surface area (Å²) in [5.74, 6) is 1.42. The number of allylic oxidation sites excluding steroid dienone is 1. The zero-order valence-electron chi connectivity index (χ0n) is 9.43. The second kappa shape index (κ2) is 7.23. The van der Waals surface area contributed by atoms with E-state index in [1.165, 1.54) is 13.0 Å². The van der Waals surface area contributed by atoms with Gasteiger partial charge in [0.2, 0.25) is 0 Å². The maximum atomic E-state index is 10.8. The van der Waals surface area contributed by atoms with E-state index in [9.17, 15) is 4.79 Å². The zero-order valence-corrected chi connectivity index (χ0v) is 11.7. The third-order valence-electron chi connectivity index (χ3n) is 1.94. The number of carbonyl (C=O) groups excluding carboxylic acids is 1. The van der Waals surface area contributed by atoms with Gasteiger partial charge in [0.1, 0.15) is 11.5 Å². The summed E-state index contributed by atoms with van der Waals surface area (Å²) in [5.41, 5.74) is 0.855. The first kappa shape index (κ1) is 14.9. The largest absolute Gasteiger partial charge is 0.497 e. The van der Waals surface area contributed by atoms with E-state index < -0.39 is 0 Å². The molecule has 90 valence electrons. The van der Waals surface area contributed by atoms with Crippen molar-refractivity contribution in [2.24, 2.45) is 0 Å². The first-order valence-electron chi connectivity index (χ1n) is 4.58. The van der Waals surface area contributed by atoms with Crippen LogP contribution in [0.2, 0.25) is 0 Å². The number of ether oxygens (including phenoxy) is 2. The minimum absolute atomic E-state index is 0. The van der Waals surface area contributed by atoms with E-state index >= 15 is 0 Å². The Labute approximate surface area is 110 Å². The van der Waals surface area contributed by atoms with E-state index in [0.717, 1.165) is 11.3 Å². The number of hydrogen-bond donors (Lipinski definition) is 0. The summed E-state index contributed by atoms with van der Waals surface area (Å²) >= 11 is 0. The van der Waals surface area contributed by atoms with Gasteiger partial charge in [-0.15, -0.1) is 0 Å². The monoisotopic (exact) mass is 401 g/mol. The molecule has 0 fully saturated rings. The van der Waals surface area contributed by atoms with E-state index in [2.05, 4.69) is 0 Å². The molecule has 0 aliphatic carbocycles. The number of ketones is 1. The third-order valence-corrected chi connectivity index (χ3v) is 1.94. The van der Waals surface area contributed by atoms with Crippen LogP contribution in [-0.2, 0) is 25.9 Å². The van der Waals surface area contributed by atoms with Gasteiger partial charge in [-0.2, -0.15) is 0 Å². The maximum Gasteiger partial charge on any atom is 0.152 e. The van der Waals surface area contributed by atoms with Crippen LogP contribution in [0.15, 0.2) is 24.3 Å². The molecule has 1 rings (SSSR count). The van der Waals surface area contributed by atoms with E-state index in [0.29, 0.717) is 5.75 Å². The summed E-state index contributed by atoms with van der Waals surface area (Å²) in [6, 6.07) is 5.44. The Morgan fingerprint density at radius 1 is 1.25 bits per heavy atom. The molecule has 0 heterocycles. The Hall–Kier alpha value is -1.08. The van der Waals surface area contributed by atoms with E-state index in [1.54, 1.807) is 26.4 Å². The van der Waals surface area contributed by atoms with Crippen LogP contribution in [0, 0.1) is 0 Å². The van der Waals surface area contributed by atoms with Gasteiger partial charge in [-0.3, -0.25) is 4.79 Å². The maximum absolute atomic E-state index is 10.8. The molecule has 0 unspecified atom stereocenters. The Morgan fingerprint density at radius 3 is 2.44 bits per heavy atom. The van der Waals surface area contributed by atoms with E-state index in [4.69, 9.17) is 9.47 Å². The van der Waals surface area contributed by atoms with Gasteiger partial charge in [0.05, 0.1) is 14.2 Å². The standard InChI is InChI=1S/C12H14O3.Pt/c1-9(13)4-5-10-6-7-11(14-2)8-12(10)15-3;/h4-8H,1-3H3;. The molecule has 0 N–H and O–H groups in total. The SMILES string of the molecule is COc1ccc(C=CC(C)=O)c(OC)c1.[Pt]. The molecule has 1 aromatic rings. The van der Waals surface area contributed by atoms with Crippen molar-refractivity contribution < 1.29 is 35.3 Å². The Balaban J connectivity index is 0.00000225. The number of methoxy groups -OCH3 is 2. The summed E-state index contributed by atoms with van der Waals surface area (Å²) in [6.45, 7) is 1.51.